The number of thioether (sulfide) groups is 1. The van der Waals surface area contributed by atoms with Crippen molar-refractivity contribution in [1.29, 1.82) is 0 Å². The molecule has 7 heteroatoms. The number of aryl methyl sites for hydroxylation is 1. The predicted octanol–water partition coefficient (Wildman–Crippen LogP) is 6.81. The van der Waals surface area contributed by atoms with Crippen molar-refractivity contribution in [2.45, 2.75) is 30.4 Å². The summed E-state index contributed by atoms with van der Waals surface area (Å²) >= 11 is 4.82. The predicted molar refractivity (Wildman–Crippen MR) is 128 cm³/mol. The van der Waals surface area contributed by atoms with Crippen LogP contribution in [0.4, 0.5) is 10.8 Å². The van der Waals surface area contributed by atoms with E-state index in [1.165, 1.54) is 11.3 Å². The smallest absolute Gasteiger partial charge is 0.230 e. The Morgan fingerprint density at radius 3 is 2.53 bits per heavy atom. The standard InChI is InChI=1S/C23H21N3OS3/c1-3-17-9-7-8-12-21(17)26(16(2)27)22-24-19(13-28-22)14-29-23-25-20(15-30-23)18-10-5-4-6-11-18/h4-13,15H,3,14H2,1-2H3. The lowest BCUT2D eigenvalue weighted by Gasteiger charge is -2.20. The molecule has 0 saturated carbocycles. The van der Waals surface area contributed by atoms with Crippen LogP contribution in [0.2, 0.25) is 0 Å². The molecule has 1 amide bonds. The Balaban J connectivity index is 1.48. The van der Waals surface area contributed by atoms with Crippen molar-refractivity contribution >= 4 is 51.2 Å². The number of aromatic nitrogens is 2. The van der Waals surface area contributed by atoms with E-state index in [0.29, 0.717) is 5.13 Å². The normalized spacial score (nSPS) is 10.9. The van der Waals surface area contributed by atoms with Crippen molar-refractivity contribution in [3.63, 3.8) is 0 Å². The third kappa shape index (κ3) is 4.64. The van der Waals surface area contributed by atoms with Crippen molar-refractivity contribution in [3.8, 4) is 11.3 Å². The van der Waals surface area contributed by atoms with Gasteiger partial charge in [0.15, 0.2) is 9.47 Å². The molecule has 2 heterocycles. The first kappa shape index (κ1) is 20.8. The summed E-state index contributed by atoms with van der Waals surface area (Å²) in [4.78, 5) is 23.6. The summed E-state index contributed by atoms with van der Waals surface area (Å²) in [5.41, 5.74) is 5.13. The average molecular weight is 452 g/mol. The summed E-state index contributed by atoms with van der Waals surface area (Å²) < 4.78 is 1.02. The van der Waals surface area contributed by atoms with Crippen LogP contribution in [-0.2, 0) is 17.0 Å². The third-order valence-electron chi connectivity index (χ3n) is 4.56. The van der Waals surface area contributed by atoms with Crippen LogP contribution >= 0.6 is 34.4 Å². The van der Waals surface area contributed by atoms with Crippen LogP contribution < -0.4 is 4.90 Å². The number of thiazole rings is 2. The molecule has 0 fully saturated rings. The molecule has 30 heavy (non-hydrogen) atoms. The minimum atomic E-state index is -0.0307. The molecule has 2 aromatic heterocycles. The summed E-state index contributed by atoms with van der Waals surface area (Å²) in [7, 11) is 0. The van der Waals surface area contributed by atoms with Gasteiger partial charge in [0.05, 0.1) is 17.1 Å². The van der Waals surface area contributed by atoms with Crippen molar-refractivity contribution in [3.05, 3.63) is 76.6 Å². The lowest BCUT2D eigenvalue weighted by molar-refractivity contribution is -0.115. The summed E-state index contributed by atoms with van der Waals surface area (Å²) in [6.07, 6.45) is 0.863. The molecule has 0 aliphatic carbocycles. The molecule has 0 bridgehead atoms. The van der Waals surface area contributed by atoms with E-state index in [4.69, 9.17) is 9.97 Å². The van der Waals surface area contributed by atoms with Gasteiger partial charge in [-0.25, -0.2) is 9.97 Å². The molecule has 4 rings (SSSR count). The monoisotopic (exact) mass is 451 g/mol. The molecule has 4 aromatic rings. The summed E-state index contributed by atoms with van der Waals surface area (Å²) in [6, 6.07) is 18.2. The second-order valence-electron chi connectivity index (χ2n) is 6.61. The lowest BCUT2D eigenvalue weighted by atomic mass is 10.1. The number of carbonyl (C=O) groups is 1. The van der Waals surface area contributed by atoms with Crippen molar-refractivity contribution in [2.75, 3.05) is 4.90 Å². The fourth-order valence-electron chi connectivity index (χ4n) is 3.10. The average Bonchev–Trinajstić information content (AvgIpc) is 3.43. The molecular formula is C23H21N3OS3. The highest BCUT2D eigenvalue weighted by Gasteiger charge is 2.20. The van der Waals surface area contributed by atoms with Crippen LogP contribution in [0.1, 0.15) is 25.1 Å². The Morgan fingerprint density at radius 2 is 1.77 bits per heavy atom. The molecule has 0 radical (unpaired) electrons. The number of nitrogens with zero attached hydrogens (tertiary/aromatic N) is 3. The van der Waals surface area contributed by atoms with Gasteiger partial charge < -0.3 is 0 Å². The number of hydrogen-bond donors (Lipinski definition) is 0. The fourth-order valence-corrected chi connectivity index (χ4v) is 5.81. The third-order valence-corrected chi connectivity index (χ3v) is 7.48. The molecule has 0 atom stereocenters. The second-order valence-corrected chi connectivity index (χ2v) is 9.53. The molecule has 2 aromatic carbocycles. The summed E-state index contributed by atoms with van der Waals surface area (Å²) in [6.45, 7) is 3.68. The Kier molecular flexibility index (Phi) is 6.62. The second kappa shape index (κ2) is 9.55. The maximum atomic E-state index is 12.4. The molecule has 0 aliphatic rings. The molecule has 0 unspecified atom stereocenters. The molecule has 0 spiro atoms. The van der Waals surface area contributed by atoms with E-state index in [1.54, 1.807) is 34.9 Å². The van der Waals surface area contributed by atoms with E-state index in [9.17, 15) is 4.79 Å². The molecular weight excluding hydrogens is 430 g/mol. The van der Waals surface area contributed by atoms with Gasteiger partial charge in [-0.1, -0.05) is 67.2 Å². The van der Waals surface area contributed by atoms with Gasteiger partial charge in [-0.2, -0.15) is 0 Å². The molecule has 0 N–H and O–H groups in total. The van der Waals surface area contributed by atoms with Gasteiger partial charge in [0, 0.05) is 29.0 Å². The van der Waals surface area contributed by atoms with Crippen molar-refractivity contribution in [1.82, 2.24) is 9.97 Å². The van der Waals surface area contributed by atoms with E-state index in [2.05, 4.69) is 30.5 Å². The lowest BCUT2D eigenvalue weighted by Crippen LogP contribution is -2.23. The van der Waals surface area contributed by atoms with Crippen LogP contribution in [0.3, 0.4) is 0 Å². The van der Waals surface area contributed by atoms with Crippen molar-refractivity contribution < 1.29 is 4.79 Å². The zero-order chi connectivity index (χ0) is 20.9. The van der Waals surface area contributed by atoms with Gasteiger partial charge in [0.2, 0.25) is 5.91 Å². The van der Waals surface area contributed by atoms with Gasteiger partial charge in [-0.05, 0) is 18.1 Å². The first-order valence-electron chi connectivity index (χ1n) is 9.62. The van der Waals surface area contributed by atoms with Crippen LogP contribution in [0.15, 0.2) is 69.7 Å². The van der Waals surface area contributed by atoms with E-state index in [0.717, 1.165) is 44.7 Å². The number of carbonyl (C=O) groups excluding carboxylic acids is 1. The summed E-state index contributed by atoms with van der Waals surface area (Å²) in [5, 5.41) is 4.82. The fraction of sp³-hybridized carbons (Fsp3) is 0.174. The number of hydrogen-bond acceptors (Lipinski definition) is 6. The minimum absolute atomic E-state index is 0.0307. The molecule has 0 saturated heterocycles. The van der Waals surface area contributed by atoms with E-state index < -0.39 is 0 Å². The Morgan fingerprint density at radius 1 is 1.00 bits per heavy atom. The quantitative estimate of drug-likeness (QED) is 0.290. The molecule has 0 aliphatic heterocycles. The number of benzene rings is 2. The van der Waals surface area contributed by atoms with E-state index >= 15 is 0 Å². The van der Waals surface area contributed by atoms with Gasteiger partial charge in [-0.15, -0.1) is 22.7 Å². The number of anilines is 2. The zero-order valence-electron chi connectivity index (χ0n) is 16.7. The van der Waals surface area contributed by atoms with Crippen LogP contribution in [0.5, 0.6) is 0 Å². The van der Waals surface area contributed by atoms with Gasteiger partial charge in [-0.3, -0.25) is 9.69 Å². The van der Waals surface area contributed by atoms with Gasteiger partial charge >= 0.3 is 0 Å². The largest absolute Gasteiger partial charge is 0.274 e. The highest BCUT2D eigenvalue weighted by atomic mass is 32.2. The SMILES string of the molecule is CCc1ccccc1N(C(C)=O)c1nc(CSc2nc(-c3ccccc3)cs2)cs1. The first-order valence-corrected chi connectivity index (χ1v) is 12.4. The molecule has 4 nitrogen and oxygen atoms in total. The maximum absolute atomic E-state index is 12.4. The van der Waals surface area contributed by atoms with Crippen LogP contribution in [0.25, 0.3) is 11.3 Å². The van der Waals surface area contributed by atoms with E-state index in [-0.39, 0.29) is 5.91 Å². The Labute approximate surface area is 188 Å². The van der Waals surface area contributed by atoms with Gasteiger partial charge in [0.25, 0.3) is 0 Å². The number of rotatable bonds is 7. The Bertz CT molecular complexity index is 1140. The zero-order valence-corrected chi connectivity index (χ0v) is 19.2. The van der Waals surface area contributed by atoms with E-state index in [1.807, 2.05) is 41.8 Å². The number of para-hydroxylation sites is 1. The Hall–Kier alpha value is -2.48. The topological polar surface area (TPSA) is 46.1 Å². The van der Waals surface area contributed by atoms with Gasteiger partial charge in [0.1, 0.15) is 0 Å². The highest BCUT2D eigenvalue weighted by molar-refractivity contribution is 8.00. The first-order chi connectivity index (χ1) is 14.7. The maximum Gasteiger partial charge on any atom is 0.230 e. The van der Waals surface area contributed by atoms with Crippen LogP contribution in [0, 0.1) is 0 Å². The van der Waals surface area contributed by atoms with Crippen LogP contribution in [-0.4, -0.2) is 15.9 Å². The highest BCUT2D eigenvalue weighted by Crippen LogP contribution is 2.34. The molecule has 152 valence electrons. The van der Waals surface area contributed by atoms with Crippen molar-refractivity contribution in [2.24, 2.45) is 0 Å². The number of amides is 1. The summed E-state index contributed by atoms with van der Waals surface area (Å²) in [5.74, 6) is 0.691. The minimum Gasteiger partial charge on any atom is -0.274 e.